The summed E-state index contributed by atoms with van der Waals surface area (Å²) in [4.78, 5) is 3.45. The zero-order chi connectivity index (χ0) is 15.5. The van der Waals surface area contributed by atoms with Crippen LogP contribution in [0.25, 0.3) is 23.1 Å². The summed E-state index contributed by atoms with van der Waals surface area (Å²) in [7, 11) is 0. The Labute approximate surface area is 133 Å². The molecule has 2 aliphatic rings. The Morgan fingerprint density at radius 2 is 1.52 bits per heavy atom. The second kappa shape index (κ2) is 5.96. The van der Waals surface area contributed by atoms with Gasteiger partial charge in [0.2, 0.25) is 0 Å². The summed E-state index contributed by atoms with van der Waals surface area (Å²) in [5, 5.41) is 17.3. The quantitative estimate of drug-likeness (QED) is 0.835. The van der Waals surface area contributed by atoms with Gasteiger partial charge in [0.05, 0.1) is 24.5 Å². The molecule has 0 amide bonds. The van der Waals surface area contributed by atoms with Crippen molar-refractivity contribution in [3.8, 4) is 0 Å². The summed E-state index contributed by atoms with van der Waals surface area (Å²) in [6, 6.07) is 8.26. The molecule has 0 spiro atoms. The average molecular weight is 301 g/mol. The Kier molecular flexibility index (Phi) is 3.52. The number of hydrogen-bond acceptors (Lipinski definition) is 4. The number of nitrogens with one attached hydrogen (secondary N) is 1. The number of fused-ring (bicyclic) bond motifs is 1. The topological polar surface area (TPSA) is 65.2 Å². The van der Waals surface area contributed by atoms with E-state index >= 15 is 0 Å². The van der Waals surface area contributed by atoms with Crippen molar-refractivity contribution < 1.29 is 0 Å². The molecule has 0 aliphatic carbocycles. The lowest BCUT2D eigenvalue weighted by Gasteiger charge is -1.95. The molecule has 3 heterocycles. The highest BCUT2D eigenvalue weighted by molar-refractivity contribution is 5.93. The third-order valence-corrected chi connectivity index (χ3v) is 3.75. The number of nitrogens with zero attached hydrogens (tertiary/aromatic N) is 4. The SMILES string of the molecule is C1=C(/C=C/c2[nH]c3ccccc3c2/C=C/C2=CCN=N2)N=NC1. The number of hydrogen-bond donors (Lipinski definition) is 1. The molecule has 0 saturated heterocycles. The van der Waals surface area contributed by atoms with Crippen molar-refractivity contribution in [3.63, 3.8) is 0 Å². The Hall–Kier alpha value is -3.08. The minimum absolute atomic E-state index is 0.665. The van der Waals surface area contributed by atoms with Gasteiger partial charge in [0.1, 0.15) is 0 Å². The second-order valence-electron chi connectivity index (χ2n) is 5.27. The number of rotatable bonds is 4. The fourth-order valence-electron chi connectivity index (χ4n) is 2.63. The van der Waals surface area contributed by atoms with Crippen molar-refractivity contribution in [3.05, 3.63) is 71.2 Å². The van der Waals surface area contributed by atoms with Crippen molar-refractivity contribution in [2.24, 2.45) is 20.5 Å². The Morgan fingerprint density at radius 1 is 0.826 bits per heavy atom. The van der Waals surface area contributed by atoms with Crippen molar-refractivity contribution in [1.82, 2.24) is 4.98 Å². The van der Waals surface area contributed by atoms with Crippen molar-refractivity contribution in [1.29, 1.82) is 0 Å². The van der Waals surface area contributed by atoms with E-state index in [0.29, 0.717) is 13.1 Å². The number of para-hydroxylation sites is 1. The molecule has 0 radical (unpaired) electrons. The van der Waals surface area contributed by atoms with Gasteiger partial charge in [-0.2, -0.15) is 20.5 Å². The largest absolute Gasteiger partial charge is 0.355 e. The summed E-state index contributed by atoms with van der Waals surface area (Å²) in [6.45, 7) is 1.33. The van der Waals surface area contributed by atoms with E-state index in [9.17, 15) is 0 Å². The van der Waals surface area contributed by atoms with Gasteiger partial charge in [0, 0.05) is 22.2 Å². The lowest BCUT2D eigenvalue weighted by atomic mass is 10.1. The summed E-state index contributed by atoms with van der Waals surface area (Å²) < 4.78 is 0. The molecule has 2 aromatic rings. The molecule has 23 heavy (non-hydrogen) atoms. The monoisotopic (exact) mass is 301 g/mol. The molecule has 0 bridgehead atoms. The van der Waals surface area contributed by atoms with E-state index in [0.717, 1.165) is 28.2 Å². The molecule has 2 aliphatic heterocycles. The lowest BCUT2D eigenvalue weighted by molar-refractivity contribution is 1.12. The lowest BCUT2D eigenvalue weighted by Crippen LogP contribution is -1.77. The molecule has 0 atom stereocenters. The minimum atomic E-state index is 0.665. The molecule has 4 rings (SSSR count). The molecular weight excluding hydrogens is 286 g/mol. The molecule has 0 unspecified atom stereocenters. The van der Waals surface area contributed by atoms with Gasteiger partial charge >= 0.3 is 0 Å². The fraction of sp³-hybridized carbons (Fsp3) is 0.111. The van der Waals surface area contributed by atoms with Gasteiger partial charge in [-0.1, -0.05) is 24.3 Å². The highest BCUT2D eigenvalue weighted by Gasteiger charge is 2.07. The van der Waals surface area contributed by atoms with Crippen molar-refractivity contribution in [2.45, 2.75) is 0 Å². The van der Waals surface area contributed by atoms with E-state index in [4.69, 9.17) is 0 Å². The molecule has 1 aromatic heterocycles. The summed E-state index contributed by atoms with van der Waals surface area (Å²) in [5.41, 5.74) is 5.08. The van der Waals surface area contributed by atoms with Gasteiger partial charge in [-0.15, -0.1) is 0 Å². The molecule has 0 saturated carbocycles. The first-order chi connectivity index (χ1) is 11.4. The number of H-pyrrole nitrogens is 1. The van der Waals surface area contributed by atoms with Crippen LogP contribution in [0, 0.1) is 0 Å². The average Bonchev–Trinajstić information content (AvgIpc) is 3.31. The number of benzene rings is 1. The second-order valence-corrected chi connectivity index (χ2v) is 5.27. The van der Waals surface area contributed by atoms with Gasteiger partial charge < -0.3 is 4.98 Å². The number of aromatic nitrogens is 1. The summed E-state index contributed by atoms with van der Waals surface area (Å²) in [6.07, 6.45) is 12.1. The van der Waals surface area contributed by atoms with E-state index in [-0.39, 0.29) is 0 Å². The van der Waals surface area contributed by atoms with E-state index in [1.54, 1.807) is 0 Å². The third-order valence-electron chi connectivity index (χ3n) is 3.75. The first-order valence-electron chi connectivity index (χ1n) is 7.52. The van der Waals surface area contributed by atoms with E-state index in [1.165, 1.54) is 5.39 Å². The van der Waals surface area contributed by atoms with Crippen LogP contribution < -0.4 is 0 Å². The van der Waals surface area contributed by atoms with Crippen LogP contribution in [-0.2, 0) is 0 Å². The number of allylic oxidation sites excluding steroid dienone is 2. The van der Waals surface area contributed by atoms with Gasteiger partial charge in [0.25, 0.3) is 0 Å². The van der Waals surface area contributed by atoms with Crippen LogP contribution >= 0.6 is 0 Å². The van der Waals surface area contributed by atoms with Crippen LogP contribution in [0.4, 0.5) is 0 Å². The molecule has 112 valence electrons. The van der Waals surface area contributed by atoms with Gasteiger partial charge in [0.15, 0.2) is 0 Å². The zero-order valence-corrected chi connectivity index (χ0v) is 12.5. The molecule has 1 aromatic carbocycles. The maximum absolute atomic E-state index is 4.09. The van der Waals surface area contributed by atoms with Crippen LogP contribution in [0.2, 0.25) is 0 Å². The van der Waals surface area contributed by atoms with Gasteiger partial charge in [-0.05, 0) is 36.4 Å². The zero-order valence-electron chi connectivity index (χ0n) is 12.5. The van der Waals surface area contributed by atoms with Crippen molar-refractivity contribution >= 4 is 23.1 Å². The highest BCUT2D eigenvalue weighted by Crippen LogP contribution is 2.26. The molecule has 0 fully saturated rings. The molecule has 1 N–H and O–H groups in total. The highest BCUT2D eigenvalue weighted by atomic mass is 15.1. The Morgan fingerprint density at radius 3 is 2.22 bits per heavy atom. The standard InChI is InChI=1S/C18H15N5/c1-2-4-17-15(3-1)16(7-5-13-9-11-19-22-13)18(21-17)8-6-14-10-12-20-23-14/h1-10,21H,11-12H2/b7-5+,8-6+. The van der Waals surface area contributed by atoms with E-state index in [1.807, 2.05) is 42.5 Å². The normalized spacial score (nSPS) is 17.0. The summed E-state index contributed by atoms with van der Waals surface area (Å²) in [5.74, 6) is 0. The molecule has 5 heteroatoms. The first-order valence-corrected chi connectivity index (χ1v) is 7.52. The predicted octanol–water partition coefficient (Wildman–Crippen LogP) is 4.89. The number of aromatic amines is 1. The van der Waals surface area contributed by atoms with Crippen molar-refractivity contribution in [2.75, 3.05) is 13.1 Å². The molecule has 5 nitrogen and oxygen atoms in total. The fourth-order valence-corrected chi connectivity index (χ4v) is 2.63. The smallest absolute Gasteiger partial charge is 0.0832 e. The van der Waals surface area contributed by atoms with Crippen LogP contribution in [0.1, 0.15) is 11.3 Å². The van der Waals surface area contributed by atoms with Gasteiger partial charge in [-0.25, -0.2) is 0 Å². The van der Waals surface area contributed by atoms with Crippen LogP contribution in [0.3, 0.4) is 0 Å². The Balaban J connectivity index is 1.74. The van der Waals surface area contributed by atoms with Crippen LogP contribution in [-0.4, -0.2) is 18.1 Å². The van der Waals surface area contributed by atoms with E-state index < -0.39 is 0 Å². The summed E-state index contributed by atoms with van der Waals surface area (Å²) >= 11 is 0. The third kappa shape index (κ3) is 2.81. The van der Waals surface area contributed by atoms with Gasteiger partial charge in [-0.3, -0.25) is 0 Å². The first kappa shape index (κ1) is 13.6. The maximum atomic E-state index is 4.09. The van der Waals surface area contributed by atoms with Crippen LogP contribution in [0.5, 0.6) is 0 Å². The maximum Gasteiger partial charge on any atom is 0.0832 e. The predicted molar refractivity (Wildman–Crippen MR) is 92.0 cm³/mol. The number of azo groups is 2. The Bertz CT molecular complexity index is 922. The van der Waals surface area contributed by atoms with E-state index in [2.05, 4.69) is 43.6 Å². The molecular formula is C18H15N5. The minimum Gasteiger partial charge on any atom is -0.355 e. The van der Waals surface area contributed by atoms with Crippen LogP contribution in [0.15, 0.2) is 80.4 Å².